The Labute approximate surface area is 157 Å². The Morgan fingerprint density at radius 3 is 2.61 bits per heavy atom. The van der Waals surface area contributed by atoms with Gasteiger partial charge in [-0.3, -0.25) is 9.36 Å². The molecule has 0 radical (unpaired) electrons. The van der Waals surface area contributed by atoms with Crippen LogP contribution in [0.4, 0.5) is 17.6 Å². The van der Waals surface area contributed by atoms with Crippen LogP contribution in [0.2, 0.25) is 0 Å². The number of aromatic nitrogens is 2. The van der Waals surface area contributed by atoms with Gasteiger partial charge in [-0.05, 0) is 30.7 Å². The molecule has 2 aromatic carbocycles. The van der Waals surface area contributed by atoms with E-state index in [4.69, 9.17) is 10.5 Å². The molecule has 0 aliphatic rings. The first kappa shape index (κ1) is 19.8. The van der Waals surface area contributed by atoms with Crippen molar-refractivity contribution in [3.05, 3.63) is 64.5 Å². The SMILES string of the molecule is CCC(N)c1nc2cccc(F)c2c(=O)n1-c1cccc(OCC(F)(F)F)c1. The molecule has 1 aromatic heterocycles. The van der Waals surface area contributed by atoms with Gasteiger partial charge in [-0.2, -0.15) is 13.2 Å². The van der Waals surface area contributed by atoms with Gasteiger partial charge in [0, 0.05) is 6.07 Å². The molecule has 0 saturated heterocycles. The van der Waals surface area contributed by atoms with Crippen molar-refractivity contribution in [1.82, 2.24) is 9.55 Å². The third kappa shape index (κ3) is 3.99. The van der Waals surface area contributed by atoms with Crippen LogP contribution < -0.4 is 16.0 Å². The summed E-state index contributed by atoms with van der Waals surface area (Å²) in [5.74, 6) is -0.658. The fourth-order valence-electron chi connectivity index (χ4n) is 2.77. The maximum Gasteiger partial charge on any atom is 0.422 e. The first-order chi connectivity index (χ1) is 13.2. The summed E-state index contributed by atoms with van der Waals surface area (Å²) < 4.78 is 57.4. The van der Waals surface area contributed by atoms with E-state index in [9.17, 15) is 22.4 Å². The largest absolute Gasteiger partial charge is 0.484 e. The van der Waals surface area contributed by atoms with Crippen LogP contribution in [0.3, 0.4) is 0 Å². The van der Waals surface area contributed by atoms with Crippen LogP contribution in [0.5, 0.6) is 5.75 Å². The maximum atomic E-state index is 14.3. The highest BCUT2D eigenvalue weighted by Gasteiger charge is 2.28. The molecule has 9 heteroatoms. The lowest BCUT2D eigenvalue weighted by molar-refractivity contribution is -0.153. The molecule has 1 unspecified atom stereocenters. The summed E-state index contributed by atoms with van der Waals surface area (Å²) >= 11 is 0. The number of fused-ring (bicyclic) bond motifs is 1. The topological polar surface area (TPSA) is 70.1 Å². The van der Waals surface area contributed by atoms with Gasteiger partial charge in [0.05, 0.1) is 17.2 Å². The minimum atomic E-state index is -4.50. The highest BCUT2D eigenvalue weighted by Crippen LogP contribution is 2.24. The molecule has 148 valence electrons. The van der Waals surface area contributed by atoms with Crippen molar-refractivity contribution in [3.8, 4) is 11.4 Å². The number of halogens is 4. The molecule has 3 aromatic rings. The van der Waals surface area contributed by atoms with E-state index in [-0.39, 0.29) is 28.2 Å². The van der Waals surface area contributed by atoms with Crippen molar-refractivity contribution < 1.29 is 22.3 Å². The van der Waals surface area contributed by atoms with Gasteiger partial charge in [-0.25, -0.2) is 9.37 Å². The highest BCUT2D eigenvalue weighted by atomic mass is 19.4. The normalized spacial score (nSPS) is 12.9. The van der Waals surface area contributed by atoms with Gasteiger partial charge >= 0.3 is 6.18 Å². The predicted octanol–water partition coefficient (Wildman–Crippen LogP) is 3.88. The van der Waals surface area contributed by atoms with Gasteiger partial charge in [0.15, 0.2) is 6.61 Å². The van der Waals surface area contributed by atoms with Crippen LogP contribution in [0.25, 0.3) is 16.6 Å². The molecular weight excluding hydrogens is 378 g/mol. The Hall–Kier alpha value is -2.94. The molecule has 28 heavy (non-hydrogen) atoms. The van der Waals surface area contributed by atoms with Gasteiger partial charge in [-0.1, -0.05) is 19.1 Å². The van der Waals surface area contributed by atoms with Gasteiger partial charge in [0.25, 0.3) is 5.56 Å². The summed E-state index contributed by atoms with van der Waals surface area (Å²) in [6.45, 7) is 0.317. The van der Waals surface area contributed by atoms with Crippen molar-refractivity contribution in [2.45, 2.75) is 25.6 Å². The van der Waals surface area contributed by atoms with Gasteiger partial charge < -0.3 is 10.5 Å². The van der Waals surface area contributed by atoms with Crippen molar-refractivity contribution in [1.29, 1.82) is 0 Å². The minimum Gasteiger partial charge on any atom is -0.484 e. The molecule has 0 spiro atoms. The summed E-state index contributed by atoms with van der Waals surface area (Å²) in [5, 5.41) is -0.226. The summed E-state index contributed by atoms with van der Waals surface area (Å²) in [7, 11) is 0. The predicted molar refractivity (Wildman–Crippen MR) is 96.1 cm³/mol. The van der Waals surface area contributed by atoms with Crippen LogP contribution in [0.1, 0.15) is 25.2 Å². The van der Waals surface area contributed by atoms with E-state index in [0.717, 1.165) is 10.6 Å². The van der Waals surface area contributed by atoms with Gasteiger partial charge in [-0.15, -0.1) is 0 Å². The average Bonchev–Trinajstić information content (AvgIpc) is 2.65. The number of hydrogen-bond donors (Lipinski definition) is 1. The second-order valence-corrected chi connectivity index (χ2v) is 6.16. The van der Waals surface area contributed by atoms with Gasteiger partial charge in [0.2, 0.25) is 0 Å². The van der Waals surface area contributed by atoms with Crippen LogP contribution >= 0.6 is 0 Å². The Morgan fingerprint density at radius 2 is 1.93 bits per heavy atom. The number of benzene rings is 2. The second kappa shape index (κ2) is 7.59. The Bertz CT molecular complexity index is 1060. The summed E-state index contributed by atoms with van der Waals surface area (Å²) in [6.07, 6.45) is -4.06. The smallest absolute Gasteiger partial charge is 0.422 e. The lowest BCUT2D eigenvalue weighted by Crippen LogP contribution is -2.29. The summed E-state index contributed by atoms with van der Waals surface area (Å²) in [5.41, 5.74) is 5.73. The molecule has 3 rings (SSSR count). The second-order valence-electron chi connectivity index (χ2n) is 6.16. The molecule has 0 bridgehead atoms. The minimum absolute atomic E-state index is 0.0913. The van der Waals surface area contributed by atoms with E-state index >= 15 is 0 Å². The number of alkyl halides is 3. The standard InChI is InChI=1S/C19H17F4N3O2/c1-2-14(24)17-25-15-8-4-7-13(20)16(15)18(27)26(17)11-5-3-6-12(9-11)28-10-19(21,22)23/h3-9,14H,2,10,24H2,1H3. The fourth-order valence-corrected chi connectivity index (χ4v) is 2.77. The van der Waals surface area contributed by atoms with Crippen molar-refractivity contribution in [3.63, 3.8) is 0 Å². The van der Waals surface area contributed by atoms with Crippen molar-refractivity contribution in [2.24, 2.45) is 5.73 Å². The molecule has 5 nitrogen and oxygen atoms in total. The lowest BCUT2D eigenvalue weighted by Gasteiger charge is -2.18. The van der Waals surface area contributed by atoms with Crippen LogP contribution in [-0.4, -0.2) is 22.3 Å². The van der Waals surface area contributed by atoms with E-state index in [1.54, 1.807) is 6.92 Å². The molecule has 0 fully saturated rings. The van der Waals surface area contributed by atoms with E-state index in [2.05, 4.69) is 4.98 Å². The van der Waals surface area contributed by atoms with E-state index < -0.39 is 30.2 Å². The number of ether oxygens (including phenoxy) is 1. The maximum absolute atomic E-state index is 14.3. The van der Waals surface area contributed by atoms with Gasteiger partial charge in [0.1, 0.15) is 22.8 Å². The molecule has 0 saturated carbocycles. The van der Waals surface area contributed by atoms with E-state index in [1.165, 1.54) is 36.4 Å². The highest BCUT2D eigenvalue weighted by molar-refractivity contribution is 5.78. The van der Waals surface area contributed by atoms with Crippen LogP contribution in [0.15, 0.2) is 47.3 Å². The van der Waals surface area contributed by atoms with E-state index in [1.807, 2.05) is 0 Å². The first-order valence-corrected chi connectivity index (χ1v) is 8.48. The molecule has 0 amide bonds. The average molecular weight is 395 g/mol. The number of nitrogens with zero attached hydrogens (tertiary/aromatic N) is 2. The van der Waals surface area contributed by atoms with Crippen LogP contribution in [-0.2, 0) is 0 Å². The zero-order chi connectivity index (χ0) is 20.5. The number of rotatable bonds is 5. The Kier molecular flexibility index (Phi) is 5.37. The molecule has 1 atom stereocenters. The first-order valence-electron chi connectivity index (χ1n) is 8.48. The molecular formula is C19H17F4N3O2. The quantitative estimate of drug-likeness (QED) is 0.666. The molecule has 0 aliphatic carbocycles. The van der Waals surface area contributed by atoms with Crippen molar-refractivity contribution >= 4 is 10.9 Å². The van der Waals surface area contributed by atoms with Crippen molar-refractivity contribution in [2.75, 3.05) is 6.61 Å². The Balaban J connectivity index is 2.20. The molecule has 2 N–H and O–H groups in total. The molecule has 1 heterocycles. The third-order valence-electron chi connectivity index (χ3n) is 4.12. The monoisotopic (exact) mass is 395 g/mol. The zero-order valence-corrected chi connectivity index (χ0v) is 14.8. The van der Waals surface area contributed by atoms with Crippen LogP contribution in [0, 0.1) is 5.82 Å². The fraction of sp³-hybridized carbons (Fsp3) is 0.263. The molecule has 0 aliphatic heterocycles. The Morgan fingerprint density at radius 1 is 1.21 bits per heavy atom. The summed E-state index contributed by atoms with van der Waals surface area (Å²) in [6, 6.07) is 8.93. The lowest BCUT2D eigenvalue weighted by atomic mass is 10.1. The van der Waals surface area contributed by atoms with E-state index in [0.29, 0.717) is 6.42 Å². The third-order valence-corrected chi connectivity index (χ3v) is 4.12. The zero-order valence-electron chi connectivity index (χ0n) is 14.8. The number of hydrogen-bond acceptors (Lipinski definition) is 4. The summed E-state index contributed by atoms with van der Waals surface area (Å²) in [4.78, 5) is 17.4. The number of nitrogens with two attached hydrogens (primary N) is 1.